The molecule has 5 rings (SSSR count). The maximum absolute atomic E-state index is 3.84. The number of hydrogen-bond donors (Lipinski definition) is 0. The van der Waals surface area contributed by atoms with Gasteiger partial charge in [0.2, 0.25) is 0 Å². The van der Waals surface area contributed by atoms with Crippen molar-refractivity contribution in [1.82, 2.24) is 0 Å². The minimum Gasteiger partial charge on any atom is -0.0654 e. The lowest BCUT2D eigenvalue weighted by atomic mass is 9.67. The van der Waals surface area contributed by atoms with Crippen molar-refractivity contribution in [2.45, 2.75) is 109 Å². The summed E-state index contributed by atoms with van der Waals surface area (Å²) >= 11 is 7.67. The summed E-state index contributed by atoms with van der Waals surface area (Å²) in [6, 6.07) is 32.9. The van der Waals surface area contributed by atoms with Crippen LogP contribution in [0, 0.1) is 0 Å². The molecule has 0 fully saturated rings. The van der Waals surface area contributed by atoms with Crippen LogP contribution < -0.4 is 0 Å². The van der Waals surface area contributed by atoms with E-state index in [1.54, 1.807) is 0 Å². The Morgan fingerprint density at radius 3 is 1.21 bits per heavy atom. The van der Waals surface area contributed by atoms with Crippen LogP contribution in [0.1, 0.15) is 124 Å². The van der Waals surface area contributed by atoms with Crippen molar-refractivity contribution >= 4 is 31.9 Å². The van der Waals surface area contributed by atoms with Gasteiger partial charge in [0.25, 0.3) is 0 Å². The second-order valence-electron chi connectivity index (χ2n) is 12.6. The van der Waals surface area contributed by atoms with Crippen molar-refractivity contribution in [2.75, 3.05) is 0 Å². The minimum absolute atomic E-state index is 0.365. The van der Waals surface area contributed by atoms with E-state index in [0.717, 1.165) is 21.8 Å². The first-order valence-electron chi connectivity index (χ1n) is 16.9. The molecule has 1 aliphatic carbocycles. The Balaban J connectivity index is 1.49. The zero-order chi connectivity index (χ0) is 30.1. The molecule has 4 aromatic carbocycles. The summed E-state index contributed by atoms with van der Waals surface area (Å²) in [5.41, 5.74) is 10.6. The van der Waals surface area contributed by atoms with Crippen molar-refractivity contribution in [3.05, 3.63) is 127 Å². The molecule has 43 heavy (non-hydrogen) atoms. The molecular weight excluding hydrogens is 652 g/mol. The summed E-state index contributed by atoms with van der Waals surface area (Å²) in [4.78, 5) is 0. The Labute approximate surface area is 278 Å². The third-order valence-electron chi connectivity index (χ3n) is 9.47. The lowest BCUT2D eigenvalue weighted by Gasteiger charge is -2.34. The highest BCUT2D eigenvalue weighted by molar-refractivity contribution is 9.10. The molecule has 0 spiro atoms. The van der Waals surface area contributed by atoms with E-state index in [0.29, 0.717) is 0 Å². The van der Waals surface area contributed by atoms with E-state index in [1.807, 2.05) is 0 Å². The highest BCUT2D eigenvalue weighted by Gasteiger charge is 2.46. The molecule has 0 heterocycles. The van der Waals surface area contributed by atoms with Gasteiger partial charge in [-0.1, -0.05) is 171 Å². The van der Waals surface area contributed by atoms with Gasteiger partial charge in [-0.15, -0.1) is 0 Å². The molecule has 4 aromatic rings. The number of benzene rings is 4. The van der Waals surface area contributed by atoms with Gasteiger partial charge in [-0.05, 0) is 94.5 Å². The highest BCUT2D eigenvalue weighted by atomic mass is 79.9. The molecule has 1 aliphatic rings. The van der Waals surface area contributed by atoms with Gasteiger partial charge in [-0.2, -0.15) is 0 Å². The standard InChI is InChI=1S/C41H48Br2/c1-3-5-7-9-11-13-15-31-17-21-33(22-18-31)41(34-23-19-32(20-24-34)16-14-12-10-8-6-4-2)39-29-35(42)25-27-37(39)38-28-26-36(43)30-40(38)41/h17-30H,3-16H2,1-2H3. The number of unbranched alkanes of at least 4 members (excludes halogenated alkanes) is 10. The van der Waals surface area contributed by atoms with Crippen LogP contribution in [0.25, 0.3) is 11.1 Å². The normalized spacial score (nSPS) is 13.2. The average Bonchev–Trinajstić information content (AvgIpc) is 3.30. The van der Waals surface area contributed by atoms with Gasteiger partial charge in [-0.3, -0.25) is 0 Å². The molecule has 0 atom stereocenters. The smallest absolute Gasteiger partial charge is 0.0654 e. The zero-order valence-electron chi connectivity index (χ0n) is 26.2. The first-order valence-corrected chi connectivity index (χ1v) is 18.5. The Morgan fingerprint density at radius 1 is 0.442 bits per heavy atom. The quantitative estimate of drug-likeness (QED) is 0.0899. The van der Waals surface area contributed by atoms with E-state index in [4.69, 9.17) is 0 Å². The molecule has 0 aliphatic heterocycles. The lowest BCUT2D eigenvalue weighted by molar-refractivity contribution is 0.607. The van der Waals surface area contributed by atoms with Gasteiger partial charge < -0.3 is 0 Å². The van der Waals surface area contributed by atoms with E-state index in [1.165, 1.54) is 122 Å². The van der Waals surface area contributed by atoms with Crippen molar-refractivity contribution in [3.63, 3.8) is 0 Å². The lowest BCUT2D eigenvalue weighted by Crippen LogP contribution is -2.28. The Kier molecular flexibility index (Phi) is 11.8. The third-order valence-corrected chi connectivity index (χ3v) is 10.5. The molecule has 0 unspecified atom stereocenters. The molecular formula is C41H48Br2. The van der Waals surface area contributed by atoms with Crippen LogP contribution in [0.4, 0.5) is 0 Å². The first-order chi connectivity index (χ1) is 21.1. The van der Waals surface area contributed by atoms with Crippen LogP contribution in [-0.4, -0.2) is 0 Å². The largest absolute Gasteiger partial charge is 0.0714 e. The van der Waals surface area contributed by atoms with Crippen molar-refractivity contribution in [3.8, 4) is 11.1 Å². The van der Waals surface area contributed by atoms with E-state index >= 15 is 0 Å². The molecule has 0 nitrogen and oxygen atoms in total. The number of aryl methyl sites for hydroxylation is 2. The van der Waals surface area contributed by atoms with Crippen molar-refractivity contribution in [2.24, 2.45) is 0 Å². The number of hydrogen-bond acceptors (Lipinski definition) is 0. The fourth-order valence-corrected chi connectivity index (χ4v) is 7.84. The molecule has 0 saturated heterocycles. The Bertz CT molecular complexity index is 1340. The fourth-order valence-electron chi connectivity index (χ4n) is 7.12. The summed E-state index contributed by atoms with van der Waals surface area (Å²) in [6.07, 6.45) is 18.4. The van der Waals surface area contributed by atoms with Crippen LogP contribution in [0.15, 0.2) is 93.9 Å². The molecule has 0 aromatic heterocycles. The van der Waals surface area contributed by atoms with Gasteiger partial charge in [0.15, 0.2) is 0 Å². The molecule has 0 amide bonds. The first kappa shape index (κ1) is 32.2. The van der Waals surface area contributed by atoms with Crippen molar-refractivity contribution < 1.29 is 0 Å². The average molecular weight is 701 g/mol. The molecule has 0 bridgehead atoms. The van der Waals surface area contributed by atoms with Crippen molar-refractivity contribution in [1.29, 1.82) is 0 Å². The summed E-state index contributed by atoms with van der Waals surface area (Å²) in [6.45, 7) is 4.58. The molecule has 226 valence electrons. The van der Waals surface area contributed by atoms with Gasteiger partial charge in [0, 0.05) is 8.95 Å². The maximum Gasteiger partial charge on any atom is 0.0714 e. The second kappa shape index (κ2) is 15.7. The van der Waals surface area contributed by atoms with E-state index < -0.39 is 0 Å². The van der Waals surface area contributed by atoms with Crippen LogP contribution in [-0.2, 0) is 18.3 Å². The third kappa shape index (κ3) is 7.39. The van der Waals surface area contributed by atoms with Crippen LogP contribution in [0.3, 0.4) is 0 Å². The van der Waals surface area contributed by atoms with Crippen LogP contribution in [0.5, 0.6) is 0 Å². The summed E-state index contributed by atoms with van der Waals surface area (Å²) in [5.74, 6) is 0. The minimum atomic E-state index is -0.365. The summed E-state index contributed by atoms with van der Waals surface area (Å²) in [7, 11) is 0. The van der Waals surface area contributed by atoms with Crippen LogP contribution >= 0.6 is 31.9 Å². The molecule has 0 radical (unpaired) electrons. The SMILES string of the molecule is CCCCCCCCc1ccc(C2(c3ccc(CCCCCCCC)cc3)c3cc(Br)ccc3-c3ccc(Br)cc32)cc1. The zero-order valence-corrected chi connectivity index (χ0v) is 29.4. The molecule has 0 N–H and O–H groups in total. The molecule has 0 saturated carbocycles. The monoisotopic (exact) mass is 698 g/mol. The predicted octanol–water partition coefficient (Wildman–Crippen LogP) is 13.4. The van der Waals surface area contributed by atoms with E-state index in [9.17, 15) is 0 Å². The topological polar surface area (TPSA) is 0 Å². The fraction of sp³-hybridized carbons (Fsp3) is 0.415. The van der Waals surface area contributed by atoms with Gasteiger partial charge in [0.05, 0.1) is 5.41 Å². The Morgan fingerprint density at radius 2 is 0.814 bits per heavy atom. The van der Waals surface area contributed by atoms with Gasteiger partial charge >= 0.3 is 0 Å². The van der Waals surface area contributed by atoms with E-state index in [-0.39, 0.29) is 5.41 Å². The predicted molar refractivity (Wildman–Crippen MR) is 193 cm³/mol. The number of halogens is 2. The van der Waals surface area contributed by atoms with Crippen LogP contribution in [0.2, 0.25) is 0 Å². The number of fused-ring (bicyclic) bond motifs is 3. The summed E-state index contributed by atoms with van der Waals surface area (Å²) in [5, 5.41) is 0. The highest BCUT2D eigenvalue weighted by Crippen LogP contribution is 2.57. The Hall–Kier alpha value is -2.16. The van der Waals surface area contributed by atoms with Gasteiger partial charge in [0.1, 0.15) is 0 Å². The van der Waals surface area contributed by atoms with E-state index in [2.05, 4.69) is 131 Å². The second-order valence-corrected chi connectivity index (χ2v) is 14.4. The summed E-state index contributed by atoms with van der Waals surface area (Å²) < 4.78 is 2.25. The van der Waals surface area contributed by atoms with Gasteiger partial charge in [-0.25, -0.2) is 0 Å². The maximum atomic E-state index is 3.84. The molecule has 2 heteroatoms. The number of rotatable bonds is 16.